The molecule has 2 aromatic carbocycles. The summed E-state index contributed by atoms with van der Waals surface area (Å²) in [4.78, 5) is 12.1. The van der Waals surface area contributed by atoms with Gasteiger partial charge in [0.2, 0.25) is 0 Å². The number of phenolic OH excluding ortho intramolecular Hbond substituents is 1. The van der Waals surface area contributed by atoms with Crippen LogP contribution in [0, 0.1) is 3.57 Å². The van der Waals surface area contributed by atoms with Gasteiger partial charge in [-0.15, -0.1) is 10.2 Å². The fraction of sp³-hybridized carbons (Fsp3) is 0.261. The summed E-state index contributed by atoms with van der Waals surface area (Å²) in [7, 11) is 3.13. The van der Waals surface area contributed by atoms with Crippen LogP contribution in [0.1, 0.15) is 19.4 Å². The van der Waals surface area contributed by atoms with E-state index in [4.69, 9.17) is 14.2 Å². The van der Waals surface area contributed by atoms with Crippen LogP contribution < -0.4 is 14.2 Å². The second-order valence-electron chi connectivity index (χ2n) is 6.85. The predicted octanol–water partition coefficient (Wildman–Crippen LogP) is 4.91. The summed E-state index contributed by atoms with van der Waals surface area (Å²) in [6, 6.07) is 8.67. The summed E-state index contributed by atoms with van der Waals surface area (Å²) >= 11 is 2.97. The Morgan fingerprint density at radius 1 is 1.12 bits per heavy atom. The minimum absolute atomic E-state index is 0.0215. The minimum Gasteiger partial charge on any atom is -0.504 e. The summed E-state index contributed by atoms with van der Waals surface area (Å²) in [6.45, 7) is 4.62. The average molecular weight is 597 g/mol. The first-order valence-corrected chi connectivity index (χ1v) is 12.2. The number of nitrogens with zero attached hydrogens (tertiary/aromatic N) is 3. The molecule has 0 fully saturated rings. The monoisotopic (exact) mass is 597 g/mol. The van der Waals surface area contributed by atoms with Crippen molar-refractivity contribution in [1.82, 2.24) is 14.8 Å². The van der Waals surface area contributed by atoms with Crippen LogP contribution in [0.2, 0.25) is 0 Å². The molecule has 0 aliphatic heterocycles. The molecule has 11 heteroatoms. The van der Waals surface area contributed by atoms with Gasteiger partial charge in [0.05, 0.1) is 24.4 Å². The van der Waals surface area contributed by atoms with Gasteiger partial charge in [0.1, 0.15) is 16.4 Å². The van der Waals surface area contributed by atoms with Crippen LogP contribution >= 0.6 is 34.4 Å². The van der Waals surface area contributed by atoms with E-state index in [1.807, 2.05) is 46.2 Å². The van der Waals surface area contributed by atoms with Gasteiger partial charge in [-0.25, -0.2) is 4.79 Å². The molecule has 0 unspecified atom stereocenters. The van der Waals surface area contributed by atoms with Crippen LogP contribution in [0.25, 0.3) is 17.5 Å². The molecule has 1 aromatic heterocycles. The van der Waals surface area contributed by atoms with E-state index in [0.717, 1.165) is 17.3 Å². The van der Waals surface area contributed by atoms with Crippen LogP contribution in [0.15, 0.2) is 40.4 Å². The molecule has 0 amide bonds. The van der Waals surface area contributed by atoms with Gasteiger partial charge in [-0.3, -0.25) is 0 Å². The lowest BCUT2D eigenvalue weighted by molar-refractivity contribution is -0.131. The third kappa shape index (κ3) is 5.76. The molecule has 0 atom stereocenters. The van der Waals surface area contributed by atoms with E-state index in [1.54, 1.807) is 39.3 Å². The molecule has 0 saturated carbocycles. The Hall–Kier alpha value is -2.93. The molecule has 3 aromatic rings. The number of methoxy groups -OCH3 is 2. The molecular weight excluding hydrogens is 573 g/mol. The third-order valence-corrected chi connectivity index (χ3v) is 6.52. The van der Waals surface area contributed by atoms with Gasteiger partial charge in [-0.05, 0) is 84.1 Å². The maximum atomic E-state index is 12.1. The number of rotatable bonds is 10. The number of ether oxygens (including phenoxy) is 3. The zero-order valence-electron chi connectivity index (χ0n) is 19.0. The molecule has 0 saturated heterocycles. The van der Waals surface area contributed by atoms with E-state index in [1.165, 1.54) is 6.08 Å². The number of carboxylic acid groups (broad SMARTS) is 1. The molecule has 1 heterocycles. The second kappa shape index (κ2) is 11.5. The molecule has 0 aliphatic rings. The van der Waals surface area contributed by atoms with Gasteiger partial charge in [0.15, 0.2) is 22.5 Å². The first-order chi connectivity index (χ1) is 16.3. The first kappa shape index (κ1) is 25.7. The fourth-order valence-electron chi connectivity index (χ4n) is 3.13. The molecule has 0 bridgehead atoms. The van der Waals surface area contributed by atoms with E-state index in [9.17, 15) is 15.0 Å². The van der Waals surface area contributed by atoms with Gasteiger partial charge in [-0.1, -0.05) is 0 Å². The molecule has 0 radical (unpaired) electrons. The third-order valence-electron chi connectivity index (χ3n) is 4.70. The number of hydrogen-bond donors (Lipinski definition) is 2. The number of phenols is 1. The standard InChI is InChI=1S/C23H24IN3O6S/c1-5-27-21(14-10-15(31-3)12-16(11-14)32-4)25-26-23(27)34-19(22(29)30)9-13-7-17(24)20(28)18(8-13)33-6-2/h7-12,28H,5-6H2,1-4H3,(H,29,30)/b19-9-. The number of benzene rings is 2. The highest BCUT2D eigenvalue weighted by Crippen LogP contribution is 2.36. The van der Waals surface area contributed by atoms with Crippen LogP contribution in [-0.4, -0.2) is 51.8 Å². The molecule has 2 N–H and O–H groups in total. The summed E-state index contributed by atoms with van der Waals surface area (Å²) in [5.41, 5.74) is 1.31. The smallest absolute Gasteiger partial charge is 0.342 e. The Labute approximate surface area is 214 Å². The quantitative estimate of drug-likeness (QED) is 0.191. The number of aromatic nitrogens is 3. The van der Waals surface area contributed by atoms with Crippen LogP contribution in [0.4, 0.5) is 0 Å². The number of halogens is 1. The Kier molecular flexibility index (Phi) is 8.67. The van der Waals surface area contributed by atoms with Crippen LogP contribution in [0.5, 0.6) is 23.0 Å². The van der Waals surface area contributed by atoms with Gasteiger partial charge in [0.25, 0.3) is 0 Å². The van der Waals surface area contributed by atoms with Crippen molar-refractivity contribution in [2.24, 2.45) is 0 Å². The summed E-state index contributed by atoms with van der Waals surface area (Å²) in [5.74, 6) is 0.973. The van der Waals surface area contributed by atoms with Crippen molar-refractivity contribution < 1.29 is 29.2 Å². The van der Waals surface area contributed by atoms with Gasteiger partial charge in [-0.2, -0.15) is 0 Å². The Balaban J connectivity index is 2.01. The van der Waals surface area contributed by atoms with Crippen molar-refractivity contribution in [3.63, 3.8) is 0 Å². The largest absolute Gasteiger partial charge is 0.504 e. The van der Waals surface area contributed by atoms with E-state index in [0.29, 0.717) is 50.5 Å². The molecule has 34 heavy (non-hydrogen) atoms. The highest BCUT2D eigenvalue weighted by molar-refractivity contribution is 14.1. The minimum atomic E-state index is -1.11. The lowest BCUT2D eigenvalue weighted by Gasteiger charge is -2.11. The molecule has 3 rings (SSSR count). The Morgan fingerprint density at radius 3 is 2.35 bits per heavy atom. The normalized spacial score (nSPS) is 11.4. The summed E-state index contributed by atoms with van der Waals surface area (Å²) < 4.78 is 18.5. The predicted molar refractivity (Wildman–Crippen MR) is 138 cm³/mol. The number of carbonyl (C=O) groups is 1. The maximum Gasteiger partial charge on any atom is 0.342 e. The van der Waals surface area contributed by atoms with Gasteiger partial charge >= 0.3 is 5.97 Å². The highest BCUT2D eigenvalue weighted by atomic mass is 127. The lowest BCUT2D eigenvalue weighted by atomic mass is 10.2. The van der Waals surface area contributed by atoms with Gasteiger partial charge < -0.3 is 29.0 Å². The van der Waals surface area contributed by atoms with Crippen LogP contribution in [-0.2, 0) is 11.3 Å². The SMILES string of the molecule is CCOc1cc(/C=C(\Sc2nnc(-c3cc(OC)cc(OC)c3)n2CC)C(=O)O)cc(I)c1O. The van der Waals surface area contributed by atoms with Crippen molar-refractivity contribution in [2.45, 2.75) is 25.5 Å². The Bertz CT molecular complexity index is 1210. The zero-order valence-corrected chi connectivity index (χ0v) is 22.0. The highest BCUT2D eigenvalue weighted by Gasteiger charge is 2.20. The zero-order chi connectivity index (χ0) is 24.8. The van der Waals surface area contributed by atoms with E-state index in [-0.39, 0.29) is 10.7 Å². The Morgan fingerprint density at radius 2 is 1.79 bits per heavy atom. The number of aliphatic carboxylic acids is 1. The van der Waals surface area contributed by atoms with Crippen molar-refractivity contribution in [3.05, 3.63) is 44.4 Å². The molecule has 0 spiro atoms. The topological polar surface area (TPSA) is 116 Å². The van der Waals surface area contributed by atoms with Crippen molar-refractivity contribution in [2.75, 3.05) is 20.8 Å². The van der Waals surface area contributed by atoms with E-state index in [2.05, 4.69) is 10.2 Å². The van der Waals surface area contributed by atoms with E-state index < -0.39 is 5.97 Å². The molecule has 180 valence electrons. The molecular formula is C23H24IN3O6S. The molecule has 0 aliphatic carbocycles. The lowest BCUT2D eigenvalue weighted by Crippen LogP contribution is -2.03. The van der Waals surface area contributed by atoms with E-state index >= 15 is 0 Å². The number of aromatic hydroxyl groups is 1. The van der Waals surface area contributed by atoms with Crippen LogP contribution in [0.3, 0.4) is 0 Å². The maximum absolute atomic E-state index is 12.1. The first-order valence-electron chi connectivity index (χ1n) is 10.3. The van der Waals surface area contributed by atoms with Gasteiger partial charge in [0, 0.05) is 18.2 Å². The summed E-state index contributed by atoms with van der Waals surface area (Å²) in [6.07, 6.45) is 1.51. The fourth-order valence-corrected chi connectivity index (χ4v) is 4.64. The molecule has 9 nitrogen and oxygen atoms in total. The number of thioether (sulfide) groups is 1. The summed E-state index contributed by atoms with van der Waals surface area (Å²) in [5, 5.41) is 29.0. The number of carboxylic acids is 1. The average Bonchev–Trinajstić information content (AvgIpc) is 3.24. The van der Waals surface area contributed by atoms with Crippen molar-refractivity contribution >= 4 is 46.4 Å². The second-order valence-corrected chi connectivity index (χ2v) is 9.02. The van der Waals surface area contributed by atoms with Crippen molar-refractivity contribution in [3.8, 4) is 34.4 Å². The number of hydrogen-bond acceptors (Lipinski definition) is 8. The van der Waals surface area contributed by atoms with Crippen molar-refractivity contribution in [1.29, 1.82) is 0 Å².